The molecule has 1 N–H and O–H groups in total. The van der Waals surface area contributed by atoms with Gasteiger partial charge in [0, 0.05) is 17.8 Å². The van der Waals surface area contributed by atoms with Gasteiger partial charge in [0.2, 0.25) is 0 Å². The summed E-state index contributed by atoms with van der Waals surface area (Å²) in [6.45, 7) is 7.62. The average Bonchev–Trinajstić information content (AvgIpc) is 2.38. The van der Waals surface area contributed by atoms with Crippen molar-refractivity contribution in [3.05, 3.63) is 24.0 Å². The van der Waals surface area contributed by atoms with Crippen LogP contribution >= 0.6 is 0 Å². The molecule has 2 unspecified atom stereocenters. The van der Waals surface area contributed by atoms with Gasteiger partial charge < -0.3 is 10.1 Å². The fourth-order valence-corrected chi connectivity index (χ4v) is 1.98. The maximum atomic E-state index is 5.39. The molecule has 0 saturated heterocycles. The number of nitrogens with zero attached hydrogens (tertiary/aromatic N) is 1. The van der Waals surface area contributed by atoms with Crippen LogP contribution in [0, 0.1) is 5.92 Å². The topological polar surface area (TPSA) is 34.2 Å². The van der Waals surface area contributed by atoms with E-state index in [1.54, 1.807) is 13.3 Å². The molecule has 3 heteroatoms. The third kappa shape index (κ3) is 4.00. The van der Waals surface area contributed by atoms with Crippen molar-refractivity contribution in [2.75, 3.05) is 13.7 Å². The number of pyridine rings is 1. The Morgan fingerprint density at radius 1 is 1.41 bits per heavy atom. The minimum atomic E-state index is 0.355. The van der Waals surface area contributed by atoms with Crippen LogP contribution in [0.1, 0.15) is 45.2 Å². The van der Waals surface area contributed by atoms with E-state index in [2.05, 4.69) is 37.1 Å². The first-order chi connectivity index (χ1) is 8.22. The summed E-state index contributed by atoms with van der Waals surface area (Å²) in [5, 5.41) is 3.53. The number of rotatable bonds is 7. The van der Waals surface area contributed by atoms with Crippen molar-refractivity contribution in [2.45, 2.75) is 39.7 Å². The van der Waals surface area contributed by atoms with E-state index in [0.717, 1.165) is 18.7 Å². The van der Waals surface area contributed by atoms with Gasteiger partial charge in [0.25, 0.3) is 0 Å². The van der Waals surface area contributed by atoms with E-state index in [9.17, 15) is 0 Å². The summed E-state index contributed by atoms with van der Waals surface area (Å²) in [5.41, 5.74) is 1.21. The quantitative estimate of drug-likeness (QED) is 0.789. The lowest BCUT2D eigenvalue weighted by Gasteiger charge is -2.23. The molecule has 17 heavy (non-hydrogen) atoms. The van der Waals surface area contributed by atoms with Crippen molar-refractivity contribution in [1.82, 2.24) is 10.3 Å². The minimum Gasteiger partial charge on any atom is -0.495 e. The van der Waals surface area contributed by atoms with E-state index in [-0.39, 0.29) is 0 Å². The molecule has 2 atom stereocenters. The van der Waals surface area contributed by atoms with Crippen molar-refractivity contribution >= 4 is 0 Å². The maximum absolute atomic E-state index is 5.39. The molecule has 0 saturated carbocycles. The van der Waals surface area contributed by atoms with Crippen LogP contribution in [0.15, 0.2) is 18.5 Å². The Morgan fingerprint density at radius 2 is 2.18 bits per heavy atom. The molecular weight excluding hydrogens is 212 g/mol. The van der Waals surface area contributed by atoms with Gasteiger partial charge in [-0.05, 0) is 24.9 Å². The zero-order valence-corrected chi connectivity index (χ0v) is 11.4. The Labute approximate surface area is 105 Å². The van der Waals surface area contributed by atoms with Crippen LogP contribution in [-0.2, 0) is 0 Å². The first-order valence-electron chi connectivity index (χ1n) is 6.44. The SMILES string of the molecule is CCNC(CC(C)CC)c1ccncc1OC. The van der Waals surface area contributed by atoms with Crippen molar-refractivity contribution in [3.63, 3.8) is 0 Å². The Kier molecular flexibility index (Phi) is 5.98. The lowest BCUT2D eigenvalue weighted by molar-refractivity contribution is 0.372. The Bertz CT molecular complexity index is 328. The standard InChI is InChI=1S/C14H24N2O/c1-5-11(3)9-13(16-6-2)12-7-8-15-10-14(12)17-4/h7-8,10-11,13,16H,5-6,9H2,1-4H3. The van der Waals surface area contributed by atoms with Gasteiger partial charge in [0.1, 0.15) is 5.75 Å². The van der Waals surface area contributed by atoms with Crippen LogP contribution in [0.5, 0.6) is 5.75 Å². The third-order valence-corrected chi connectivity index (χ3v) is 3.20. The van der Waals surface area contributed by atoms with Gasteiger partial charge in [-0.25, -0.2) is 0 Å². The van der Waals surface area contributed by atoms with Crippen molar-refractivity contribution in [2.24, 2.45) is 5.92 Å². The van der Waals surface area contributed by atoms with E-state index in [1.807, 2.05) is 6.20 Å². The summed E-state index contributed by atoms with van der Waals surface area (Å²) >= 11 is 0. The summed E-state index contributed by atoms with van der Waals surface area (Å²) in [4.78, 5) is 4.11. The second-order valence-corrected chi connectivity index (χ2v) is 4.48. The molecule has 1 heterocycles. The first kappa shape index (κ1) is 14.0. The summed E-state index contributed by atoms with van der Waals surface area (Å²) in [7, 11) is 1.70. The normalized spacial score (nSPS) is 14.4. The second kappa shape index (κ2) is 7.28. The van der Waals surface area contributed by atoms with Gasteiger partial charge in [-0.3, -0.25) is 4.98 Å². The smallest absolute Gasteiger partial charge is 0.141 e. The van der Waals surface area contributed by atoms with Crippen molar-refractivity contribution < 1.29 is 4.74 Å². The van der Waals surface area contributed by atoms with Crippen molar-refractivity contribution in [1.29, 1.82) is 0 Å². The molecule has 0 aliphatic heterocycles. The molecule has 0 bridgehead atoms. The monoisotopic (exact) mass is 236 g/mol. The van der Waals surface area contributed by atoms with Gasteiger partial charge in [-0.15, -0.1) is 0 Å². The van der Waals surface area contributed by atoms with Gasteiger partial charge in [-0.1, -0.05) is 27.2 Å². The average molecular weight is 236 g/mol. The summed E-state index contributed by atoms with van der Waals surface area (Å²) < 4.78 is 5.39. The molecule has 0 aromatic carbocycles. The van der Waals surface area contributed by atoms with E-state index in [1.165, 1.54) is 12.0 Å². The van der Waals surface area contributed by atoms with Crippen LogP contribution in [-0.4, -0.2) is 18.6 Å². The highest BCUT2D eigenvalue weighted by Gasteiger charge is 2.17. The van der Waals surface area contributed by atoms with E-state index in [4.69, 9.17) is 4.74 Å². The number of nitrogens with one attached hydrogen (secondary N) is 1. The van der Waals surface area contributed by atoms with Gasteiger partial charge in [-0.2, -0.15) is 0 Å². The lowest BCUT2D eigenvalue weighted by Crippen LogP contribution is -2.23. The van der Waals surface area contributed by atoms with Gasteiger partial charge in [0.05, 0.1) is 13.3 Å². The summed E-state index contributed by atoms with van der Waals surface area (Å²) in [6, 6.07) is 2.40. The first-order valence-corrected chi connectivity index (χ1v) is 6.44. The van der Waals surface area contributed by atoms with Crippen LogP contribution in [0.2, 0.25) is 0 Å². The van der Waals surface area contributed by atoms with Crippen LogP contribution in [0.25, 0.3) is 0 Å². The van der Waals surface area contributed by atoms with Gasteiger partial charge >= 0.3 is 0 Å². The van der Waals surface area contributed by atoms with E-state index < -0.39 is 0 Å². The fourth-order valence-electron chi connectivity index (χ4n) is 1.98. The molecule has 1 aromatic heterocycles. The molecule has 0 radical (unpaired) electrons. The second-order valence-electron chi connectivity index (χ2n) is 4.48. The van der Waals surface area contributed by atoms with E-state index in [0.29, 0.717) is 12.0 Å². The predicted molar refractivity (Wildman–Crippen MR) is 71.3 cm³/mol. The maximum Gasteiger partial charge on any atom is 0.141 e. The number of aromatic nitrogens is 1. The molecule has 1 rings (SSSR count). The Morgan fingerprint density at radius 3 is 2.76 bits per heavy atom. The molecule has 0 amide bonds. The molecule has 96 valence electrons. The molecule has 3 nitrogen and oxygen atoms in total. The number of methoxy groups -OCH3 is 1. The zero-order chi connectivity index (χ0) is 12.7. The fraction of sp³-hybridized carbons (Fsp3) is 0.643. The molecule has 0 aliphatic rings. The highest BCUT2D eigenvalue weighted by molar-refractivity contribution is 5.32. The minimum absolute atomic E-state index is 0.355. The molecule has 1 aromatic rings. The van der Waals surface area contributed by atoms with Crippen LogP contribution < -0.4 is 10.1 Å². The lowest BCUT2D eigenvalue weighted by atomic mass is 9.94. The Hall–Kier alpha value is -1.09. The molecular formula is C14H24N2O. The third-order valence-electron chi connectivity index (χ3n) is 3.20. The largest absolute Gasteiger partial charge is 0.495 e. The van der Waals surface area contributed by atoms with Crippen LogP contribution in [0.3, 0.4) is 0 Å². The molecule has 0 aliphatic carbocycles. The highest BCUT2D eigenvalue weighted by Crippen LogP contribution is 2.29. The van der Waals surface area contributed by atoms with Crippen molar-refractivity contribution in [3.8, 4) is 5.75 Å². The van der Waals surface area contributed by atoms with E-state index >= 15 is 0 Å². The number of hydrogen-bond acceptors (Lipinski definition) is 3. The summed E-state index contributed by atoms with van der Waals surface area (Å²) in [6.07, 6.45) is 5.95. The predicted octanol–water partition coefficient (Wildman–Crippen LogP) is 3.18. The number of ether oxygens (including phenoxy) is 1. The Balaban J connectivity index is 2.88. The zero-order valence-electron chi connectivity index (χ0n) is 11.4. The highest BCUT2D eigenvalue weighted by atomic mass is 16.5. The molecule has 0 spiro atoms. The molecule has 0 fully saturated rings. The van der Waals surface area contributed by atoms with Gasteiger partial charge in [0.15, 0.2) is 0 Å². The number of hydrogen-bond donors (Lipinski definition) is 1. The summed E-state index contributed by atoms with van der Waals surface area (Å²) in [5.74, 6) is 1.58. The van der Waals surface area contributed by atoms with Crippen LogP contribution in [0.4, 0.5) is 0 Å².